The van der Waals surface area contributed by atoms with Crippen molar-refractivity contribution in [1.29, 1.82) is 0 Å². The van der Waals surface area contributed by atoms with Crippen molar-refractivity contribution in [3.05, 3.63) is 24.3 Å². The van der Waals surface area contributed by atoms with Crippen LogP contribution in [-0.4, -0.2) is 52.1 Å². The molecule has 2 aliphatic rings. The minimum atomic E-state index is -3.17. The first-order valence-electron chi connectivity index (χ1n) is 11.5. The van der Waals surface area contributed by atoms with E-state index in [0.717, 1.165) is 57.6 Å². The highest BCUT2D eigenvalue weighted by molar-refractivity contribution is 7.90. The van der Waals surface area contributed by atoms with Gasteiger partial charge < -0.3 is 15.0 Å². The van der Waals surface area contributed by atoms with Gasteiger partial charge in [-0.1, -0.05) is 13.8 Å². The predicted molar refractivity (Wildman–Crippen MR) is 125 cm³/mol. The number of benzene rings is 1. The molecular weight excluding hydrogens is 398 g/mol. The Balaban J connectivity index is 1.43. The van der Waals surface area contributed by atoms with Crippen molar-refractivity contribution in [2.75, 3.05) is 36.5 Å². The van der Waals surface area contributed by atoms with E-state index < -0.39 is 10.0 Å². The van der Waals surface area contributed by atoms with Crippen LogP contribution in [-0.2, 0) is 14.8 Å². The molecule has 1 unspecified atom stereocenters. The van der Waals surface area contributed by atoms with Crippen molar-refractivity contribution >= 4 is 21.4 Å². The third-order valence-electron chi connectivity index (χ3n) is 6.46. The topological polar surface area (TPSA) is 70.7 Å². The fourth-order valence-electron chi connectivity index (χ4n) is 4.22. The standard InChI is InChI=1S/C23H39N3O3S/c1-17(2)23-16-26(13-14-29-23)22-11-9-20(10-12-22)24-15-19-5-7-21(8-6-19)25-30(27,28)18(3)4/h9-12,17-19,21,23-25H,5-8,13-16H2,1-4H3. The normalized spacial score (nSPS) is 25.7. The van der Waals surface area contributed by atoms with Crippen molar-refractivity contribution in [2.24, 2.45) is 11.8 Å². The summed E-state index contributed by atoms with van der Waals surface area (Å²) in [4.78, 5) is 2.41. The summed E-state index contributed by atoms with van der Waals surface area (Å²) in [5.74, 6) is 1.13. The summed E-state index contributed by atoms with van der Waals surface area (Å²) in [6.07, 6.45) is 4.26. The smallest absolute Gasteiger partial charge is 0.214 e. The largest absolute Gasteiger partial charge is 0.385 e. The first kappa shape index (κ1) is 23.4. The van der Waals surface area contributed by atoms with E-state index in [1.807, 2.05) is 0 Å². The van der Waals surface area contributed by atoms with Crippen LogP contribution in [0.25, 0.3) is 0 Å². The Bertz CT molecular complexity index is 756. The molecule has 1 aliphatic carbocycles. The SMILES string of the molecule is CC(C)C1CN(c2ccc(NCC3CCC(NS(=O)(=O)C(C)C)CC3)cc2)CCO1. The Morgan fingerprint density at radius 3 is 2.33 bits per heavy atom. The number of nitrogens with one attached hydrogen (secondary N) is 2. The Labute approximate surface area is 182 Å². The van der Waals surface area contributed by atoms with Gasteiger partial charge in [0, 0.05) is 37.1 Å². The summed E-state index contributed by atoms with van der Waals surface area (Å²) in [6.45, 7) is 11.5. The molecule has 1 saturated carbocycles. The molecule has 1 heterocycles. The second-order valence-corrected chi connectivity index (χ2v) is 11.7. The second-order valence-electron chi connectivity index (χ2n) is 9.46. The zero-order valence-corrected chi connectivity index (χ0v) is 19.7. The second kappa shape index (κ2) is 10.3. The molecule has 170 valence electrons. The van der Waals surface area contributed by atoms with Gasteiger partial charge in [0.15, 0.2) is 0 Å². The molecule has 0 radical (unpaired) electrons. The van der Waals surface area contributed by atoms with Crippen molar-refractivity contribution in [2.45, 2.75) is 70.8 Å². The number of hydrogen-bond acceptors (Lipinski definition) is 5. The van der Waals surface area contributed by atoms with E-state index in [2.05, 4.69) is 53.1 Å². The first-order chi connectivity index (χ1) is 14.2. The minimum absolute atomic E-state index is 0.0936. The lowest BCUT2D eigenvalue weighted by molar-refractivity contribution is 0.0114. The van der Waals surface area contributed by atoms with Gasteiger partial charge in [-0.05, 0) is 75.6 Å². The summed E-state index contributed by atoms with van der Waals surface area (Å²) in [5, 5.41) is 3.20. The van der Waals surface area contributed by atoms with Crippen LogP contribution in [0.15, 0.2) is 24.3 Å². The van der Waals surface area contributed by atoms with Gasteiger partial charge in [-0.2, -0.15) is 0 Å². The predicted octanol–water partition coefficient (Wildman–Crippen LogP) is 3.85. The molecule has 1 atom stereocenters. The third kappa shape index (κ3) is 6.34. The number of nitrogens with zero attached hydrogens (tertiary/aromatic N) is 1. The van der Waals surface area contributed by atoms with Crippen LogP contribution in [0.5, 0.6) is 0 Å². The molecule has 2 fully saturated rings. The van der Waals surface area contributed by atoms with Crippen LogP contribution in [0, 0.1) is 11.8 Å². The van der Waals surface area contributed by atoms with Crippen LogP contribution < -0.4 is 14.9 Å². The van der Waals surface area contributed by atoms with Crippen LogP contribution in [0.2, 0.25) is 0 Å². The molecule has 6 nitrogen and oxygen atoms in total. The lowest BCUT2D eigenvalue weighted by atomic mass is 9.86. The Morgan fingerprint density at radius 2 is 1.73 bits per heavy atom. The van der Waals surface area contributed by atoms with Crippen LogP contribution in [0.3, 0.4) is 0 Å². The van der Waals surface area contributed by atoms with Crippen molar-refractivity contribution < 1.29 is 13.2 Å². The summed E-state index contributed by atoms with van der Waals surface area (Å²) >= 11 is 0. The third-order valence-corrected chi connectivity index (χ3v) is 8.37. The molecule has 7 heteroatoms. The average Bonchev–Trinajstić information content (AvgIpc) is 2.73. The summed E-state index contributed by atoms with van der Waals surface area (Å²) in [7, 11) is -3.17. The van der Waals surface area contributed by atoms with E-state index in [9.17, 15) is 8.42 Å². The van der Waals surface area contributed by atoms with Gasteiger partial charge in [-0.3, -0.25) is 0 Å². The highest BCUT2D eigenvalue weighted by atomic mass is 32.2. The molecule has 0 spiro atoms. The number of anilines is 2. The van der Waals surface area contributed by atoms with Crippen LogP contribution >= 0.6 is 0 Å². The molecule has 2 N–H and O–H groups in total. The monoisotopic (exact) mass is 437 g/mol. The number of sulfonamides is 1. The van der Waals surface area contributed by atoms with Crippen LogP contribution in [0.1, 0.15) is 53.4 Å². The number of ether oxygens (including phenoxy) is 1. The summed E-state index contributed by atoms with van der Waals surface area (Å²) < 4.78 is 32.8. The average molecular weight is 438 g/mol. The molecular formula is C23H39N3O3S. The molecule has 0 amide bonds. The van der Waals surface area contributed by atoms with Gasteiger partial charge in [0.1, 0.15) is 0 Å². The van der Waals surface area contributed by atoms with Crippen molar-refractivity contribution in [3.63, 3.8) is 0 Å². The van der Waals surface area contributed by atoms with Crippen molar-refractivity contribution in [1.82, 2.24) is 4.72 Å². The molecule has 3 rings (SSSR count). The van der Waals surface area contributed by atoms with Crippen LogP contribution in [0.4, 0.5) is 11.4 Å². The van der Waals surface area contributed by atoms with Gasteiger partial charge >= 0.3 is 0 Å². The lowest BCUT2D eigenvalue weighted by Crippen LogP contribution is -2.44. The summed E-state index contributed by atoms with van der Waals surface area (Å²) in [5.41, 5.74) is 2.41. The van der Waals surface area contributed by atoms with E-state index in [1.165, 1.54) is 5.69 Å². The highest BCUT2D eigenvalue weighted by Gasteiger charge is 2.26. The van der Waals surface area contributed by atoms with E-state index in [-0.39, 0.29) is 11.3 Å². The molecule has 30 heavy (non-hydrogen) atoms. The Kier molecular flexibility index (Phi) is 8.04. The van der Waals surface area contributed by atoms with E-state index in [0.29, 0.717) is 17.9 Å². The lowest BCUT2D eigenvalue weighted by Gasteiger charge is -2.36. The van der Waals surface area contributed by atoms with E-state index in [1.54, 1.807) is 13.8 Å². The van der Waals surface area contributed by atoms with Gasteiger partial charge in [-0.15, -0.1) is 0 Å². The molecule has 1 aromatic rings. The maximum atomic E-state index is 12.0. The van der Waals surface area contributed by atoms with E-state index >= 15 is 0 Å². The van der Waals surface area contributed by atoms with Gasteiger partial charge in [-0.25, -0.2) is 13.1 Å². The van der Waals surface area contributed by atoms with Gasteiger partial charge in [0.2, 0.25) is 10.0 Å². The Hall–Kier alpha value is -1.31. The molecule has 1 aromatic carbocycles. The Morgan fingerprint density at radius 1 is 1.07 bits per heavy atom. The fraction of sp³-hybridized carbons (Fsp3) is 0.739. The molecule has 1 saturated heterocycles. The number of hydrogen-bond donors (Lipinski definition) is 2. The van der Waals surface area contributed by atoms with Crippen molar-refractivity contribution in [3.8, 4) is 0 Å². The molecule has 0 bridgehead atoms. The van der Waals surface area contributed by atoms with Gasteiger partial charge in [0.05, 0.1) is 18.0 Å². The zero-order chi connectivity index (χ0) is 21.7. The highest BCUT2D eigenvalue weighted by Crippen LogP contribution is 2.27. The number of morpholine rings is 1. The summed E-state index contributed by atoms with van der Waals surface area (Å²) in [6, 6.07) is 8.82. The minimum Gasteiger partial charge on any atom is -0.385 e. The maximum Gasteiger partial charge on any atom is 0.214 e. The fourth-order valence-corrected chi connectivity index (χ4v) is 5.19. The van der Waals surface area contributed by atoms with E-state index in [4.69, 9.17) is 4.74 Å². The molecule has 0 aromatic heterocycles. The molecule has 1 aliphatic heterocycles. The first-order valence-corrected chi connectivity index (χ1v) is 13.0. The quantitative estimate of drug-likeness (QED) is 0.646. The maximum absolute atomic E-state index is 12.0. The number of rotatable bonds is 8. The zero-order valence-electron chi connectivity index (χ0n) is 18.9. The van der Waals surface area contributed by atoms with Gasteiger partial charge in [0.25, 0.3) is 0 Å².